The second-order valence-electron chi connectivity index (χ2n) is 19.3. The first kappa shape index (κ1) is 34.3. The van der Waals surface area contributed by atoms with Crippen LogP contribution in [0.25, 0.3) is 0 Å². The Morgan fingerprint density at radius 3 is 1.53 bits per heavy atom. The van der Waals surface area contributed by atoms with Crippen molar-refractivity contribution in [2.45, 2.75) is 163 Å². The van der Waals surface area contributed by atoms with Gasteiger partial charge in [-0.1, -0.05) is 62.6 Å². The van der Waals surface area contributed by atoms with Crippen LogP contribution < -0.4 is 0 Å². The van der Waals surface area contributed by atoms with E-state index in [-0.39, 0.29) is 17.6 Å². The molecule has 3 nitrogen and oxygen atoms in total. The van der Waals surface area contributed by atoms with E-state index < -0.39 is 0 Å². The van der Waals surface area contributed by atoms with Gasteiger partial charge in [-0.3, -0.25) is 4.79 Å². The van der Waals surface area contributed by atoms with Gasteiger partial charge in [0.15, 0.2) is 0 Å². The average molecular weight is 645 g/mol. The molecule has 3 heteroatoms. The molecule has 0 bridgehead atoms. The Labute approximate surface area is 287 Å². The van der Waals surface area contributed by atoms with E-state index in [1.807, 2.05) is 6.92 Å². The maximum atomic E-state index is 12.2. The summed E-state index contributed by atoms with van der Waals surface area (Å²) in [7, 11) is 0. The van der Waals surface area contributed by atoms with Crippen LogP contribution in [-0.4, -0.2) is 28.2 Å². The Morgan fingerprint density at radius 1 is 0.638 bits per heavy atom. The second kappa shape index (κ2) is 12.2. The van der Waals surface area contributed by atoms with Crippen molar-refractivity contribution >= 4 is 5.78 Å². The van der Waals surface area contributed by atoms with Gasteiger partial charge in [0.2, 0.25) is 0 Å². The summed E-state index contributed by atoms with van der Waals surface area (Å²) in [6, 6.07) is 0. The Morgan fingerprint density at radius 2 is 1.09 bits per heavy atom. The molecule has 0 heterocycles. The van der Waals surface area contributed by atoms with Crippen LogP contribution in [0.2, 0.25) is 0 Å². The van der Waals surface area contributed by atoms with Gasteiger partial charge in [0.05, 0.1) is 12.2 Å². The largest absolute Gasteiger partial charge is 0.393 e. The summed E-state index contributed by atoms with van der Waals surface area (Å²) in [6.07, 6.45) is 26.4. The molecule has 0 amide bonds. The van der Waals surface area contributed by atoms with Gasteiger partial charge in [0.25, 0.3) is 0 Å². The topological polar surface area (TPSA) is 57.5 Å². The Balaban J connectivity index is 0.000000150. The molecule has 8 rings (SSSR count). The van der Waals surface area contributed by atoms with E-state index >= 15 is 0 Å². The molecule has 8 aliphatic rings. The maximum absolute atomic E-state index is 12.2. The van der Waals surface area contributed by atoms with Crippen LogP contribution >= 0.6 is 0 Å². The minimum Gasteiger partial charge on any atom is -0.393 e. The predicted octanol–water partition coefficient (Wildman–Crippen LogP) is 10.4. The lowest BCUT2D eigenvalue weighted by molar-refractivity contribution is -0.127. The third-order valence-electron chi connectivity index (χ3n) is 17.7. The van der Waals surface area contributed by atoms with Crippen molar-refractivity contribution in [1.82, 2.24) is 0 Å². The second-order valence-corrected chi connectivity index (χ2v) is 19.3. The number of Topliss-reactive ketones (excluding diaryl/α,β-unsaturated/α-hetero) is 1. The molecule has 0 aromatic heterocycles. The Kier molecular flexibility index (Phi) is 8.93. The average Bonchev–Trinajstić information content (AvgIpc) is 3.58. The number of fused-ring (bicyclic) bond motifs is 10. The number of carbonyl (C=O) groups is 1. The SMILES string of the molecule is C/C=C(/C)[C@H]1CCC2C3CC=C4C[C@@H](O)CC[C@]4(C)C3CC[C@@]21C.CC(=O)[C@H]1CCC2C3CC=C4C[C@@H](O)CC[C@]4(C)C3CC[C@@]21C. The van der Waals surface area contributed by atoms with E-state index in [9.17, 15) is 15.0 Å². The van der Waals surface area contributed by atoms with Crippen LogP contribution in [0.1, 0.15) is 151 Å². The van der Waals surface area contributed by atoms with Crippen molar-refractivity contribution in [2.24, 2.45) is 69.0 Å². The summed E-state index contributed by atoms with van der Waals surface area (Å²) in [5.74, 6) is 6.50. The summed E-state index contributed by atoms with van der Waals surface area (Å²) in [4.78, 5) is 12.2. The van der Waals surface area contributed by atoms with E-state index in [2.05, 4.69) is 59.8 Å². The molecule has 14 atom stereocenters. The van der Waals surface area contributed by atoms with Crippen LogP contribution in [0.5, 0.6) is 0 Å². The summed E-state index contributed by atoms with van der Waals surface area (Å²) in [6.45, 7) is 16.4. The van der Waals surface area contributed by atoms with Gasteiger partial charge in [-0.2, -0.15) is 0 Å². The predicted molar refractivity (Wildman–Crippen MR) is 193 cm³/mol. The van der Waals surface area contributed by atoms with Crippen LogP contribution in [-0.2, 0) is 4.79 Å². The summed E-state index contributed by atoms with van der Waals surface area (Å²) < 4.78 is 0. The van der Waals surface area contributed by atoms with Gasteiger partial charge < -0.3 is 10.2 Å². The number of aliphatic hydroxyl groups excluding tert-OH is 2. The molecule has 47 heavy (non-hydrogen) atoms. The lowest BCUT2D eigenvalue weighted by Crippen LogP contribution is -2.50. The monoisotopic (exact) mass is 645 g/mol. The van der Waals surface area contributed by atoms with E-state index in [0.29, 0.717) is 27.9 Å². The van der Waals surface area contributed by atoms with E-state index in [1.165, 1.54) is 64.2 Å². The van der Waals surface area contributed by atoms with Crippen molar-refractivity contribution in [1.29, 1.82) is 0 Å². The first-order valence-electron chi connectivity index (χ1n) is 20.1. The molecular formula is C44H68O3. The van der Waals surface area contributed by atoms with Gasteiger partial charge >= 0.3 is 0 Å². The van der Waals surface area contributed by atoms with Crippen molar-refractivity contribution in [2.75, 3.05) is 0 Å². The van der Waals surface area contributed by atoms with Crippen molar-refractivity contribution in [3.8, 4) is 0 Å². The Hall–Kier alpha value is -1.19. The highest BCUT2D eigenvalue weighted by Gasteiger charge is 2.60. The van der Waals surface area contributed by atoms with Crippen LogP contribution in [0.3, 0.4) is 0 Å². The maximum Gasteiger partial charge on any atom is 0.133 e. The smallest absolute Gasteiger partial charge is 0.133 e. The van der Waals surface area contributed by atoms with Gasteiger partial charge in [0.1, 0.15) is 5.78 Å². The minimum atomic E-state index is -0.117. The first-order valence-corrected chi connectivity index (χ1v) is 20.1. The Bertz CT molecular complexity index is 1320. The summed E-state index contributed by atoms with van der Waals surface area (Å²) >= 11 is 0. The van der Waals surface area contributed by atoms with Crippen LogP contribution in [0, 0.1) is 69.0 Å². The molecule has 0 saturated heterocycles. The normalized spacial score (nSPS) is 51.8. The number of allylic oxidation sites excluding steroid dienone is 4. The molecule has 8 aliphatic carbocycles. The molecule has 0 aliphatic heterocycles. The highest BCUT2D eigenvalue weighted by molar-refractivity contribution is 5.79. The quantitative estimate of drug-likeness (QED) is 0.294. The molecule has 2 N–H and O–H groups in total. The standard InChI is InChI=1S/C23H36O.C21H32O2/c1-5-15(2)19-8-9-20-18-7-6-16-14-17(24)10-12-22(16,3)21(18)11-13-23(19,20)4;1-13(22)17-6-7-18-16-5-4-14-12-15(23)8-10-20(14,2)19(16)9-11-21(17,18)3/h5-6,17-21,24H,7-14H2,1-4H3;4,15-19,23H,5-12H2,1-3H3/b15-5-;/t17-,18?,19+,20?,21?,22-,23+;15-,16?,17+,18?,19?,20-,21+/m00/s1. The van der Waals surface area contributed by atoms with Crippen LogP contribution in [0.15, 0.2) is 34.9 Å². The highest BCUT2D eigenvalue weighted by Crippen LogP contribution is 2.68. The number of carbonyl (C=O) groups excluding carboxylic acids is 1. The zero-order valence-corrected chi connectivity index (χ0v) is 31.1. The molecular weight excluding hydrogens is 576 g/mol. The molecule has 0 spiro atoms. The number of aliphatic hydroxyl groups is 2. The van der Waals surface area contributed by atoms with E-state index in [4.69, 9.17) is 0 Å². The fourth-order valence-electron chi connectivity index (χ4n) is 14.9. The van der Waals surface area contributed by atoms with Crippen molar-refractivity contribution in [3.05, 3.63) is 34.9 Å². The summed E-state index contributed by atoms with van der Waals surface area (Å²) in [5.41, 5.74) is 6.27. The van der Waals surface area contributed by atoms with Crippen LogP contribution in [0.4, 0.5) is 0 Å². The molecule has 6 fully saturated rings. The summed E-state index contributed by atoms with van der Waals surface area (Å²) in [5, 5.41) is 20.2. The molecule has 6 unspecified atom stereocenters. The number of rotatable bonds is 2. The highest BCUT2D eigenvalue weighted by atomic mass is 16.3. The zero-order valence-electron chi connectivity index (χ0n) is 31.1. The third-order valence-corrected chi connectivity index (χ3v) is 17.7. The third kappa shape index (κ3) is 5.27. The van der Waals surface area contributed by atoms with Gasteiger partial charge in [0, 0.05) is 5.92 Å². The fourth-order valence-corrected chi connectivity index (χ4v) is 14.9. The molecule has 0 aromatic rings. The lowest BCUT2D eigenvalue weighted by atomic mass is 9.47. The zero-order chi connectivity index (χ0) is 33.5. The lowest BCUT2D eigenvalue weighted by Gasteiger charge is -2.58. The van der Waals surface area contributed by atoms with Gasteiger partial charge in [-0.05, 0) is 187 Å². The number of hydrogen-bond donors (Lipinski definition) is 2. The molecule has 262 valence electrons. The first-order chi connectivity index (χ1) is 22.3. The molecule has 0 aromatic carbocycles. The number of ketones is 1. The van der Waals surface area contributed by atoms with E-state index in [0.717, 1.165) is 80.0 Å². The van der Waals surface area contributed by atoms with Gasteiger partial charge in [-0.25, -0.2) is 0 Å². The van der Waals surface area contributed by atoms with E-state index in [1.54, 1.807) is 16.7 Å². The minimum absolute atomic E-state index is 0.0806. The molecule has 6 saturated carbocycles. The van der Waals surface area contributed by atoms with Crippen molar-refractivity contribution < 1.29 is 15.0 Å². The fraction of sp³-hybridized carbons (Fsp3) is 0.841. The van der Waals surface area contributed by atoms with Crippen molar-refractivity contribution in [3.63, 3.8) is 0 Å². The molecule has 0 radical (unpaired) electrons. The number of hydrogen-bond acceptors (Lipinski definition) is 3. The van der Waals surface area contributed by atoms with Gasteiger partial charge in [-0.15, -0.1) is 0 Å².